The van der Waals surface area contributed by atoms with Crippen LogP contribution in [0.3, 0.4) is 0 Å². The Kier molecular flexibility index (Phi) is 5.91. The molecule has 1 rings (SSSR count). The van der Waals surface area contributed by atoms with Gasteiger partial charge >= 0.3 is 0 Å². The summed E-state index contributed by atoms with van der Waals surface area (Å²) in [5.74, 6) is 0. The molecule has 0 unspecified atom stereocenters. The maximum atomic E-state index is 9.32. The summed E-state index contributed by atoms with van der Waals surface area (Å²) in [6.45, 7) is 4.22. The number of aliphatic hydroxyl groups is 2. The molecule has 0 heterocycles. The Balaban J connectivity index is 2.44. The van der Waals surface area contributed by atoms with Gasteiger partial charge in [0.05, 0.1) is 26.4 Å². The van der Waals surface area contributed by atoms with Crippen molar-refractivity contribution < 1.29 is 14.9 Å². The number of hydrogen-bond donors (Lipinski definition) is 2. The van der Waals surface area contributed by atoms with E-state index in [0.29, 0.717) is 19.6 Å². The Hall–Kier alpha value is -1.16. The molecule has 0 aliphatic carbocycles. The predicted molar refractivity (Wildman–Crippen MR) is 67.5 cm³/mol. The average molecular weight is 236 g/mol. The summed E-state index contributed by atoms with van der Waals surface area (Å²) < 4.78 is 5.55. The van der Waals surface area contributed by atoms with Gasteiger partial charge < -0.3 is 14.9 Å². The van der Waals surface area contributed by atoms with Crippen LogP contribution in [0.25, 0.3) is 0 Å². The van der Waals surface area contributed by atoms with E-state index in [1.165, 1.54) is 0 Å². The fourth-order valence-corrected chi connectivity index (χ4v) is 1.60. The minimum atomic E-state index is -0.615. The van der Waals surface area contributed by atoms with Gasteiger partial charge in [0.2, 0.25) is 0 Å². The molecule has 17 heavy (non-hydrogen) atoms. The highest BCUT2D eigenvalue weighted by atomic mass is 16.5. The van der Waals surface area contributed by atoms with Crippen LogP contribution in [0.15, 0.2) is 43.0 Å². The number of hydrogen-bond acceptors (Lipinski definition) is 3. The zero-order chi connectivity index (χ0) is 12.6. The largest absolute Gasteiger partial charge is 0.396 e. The van der Waals surface area contributed by atoms with E-state index in [1.807, 2.05) is 30.3 Å². The van der Waals surface area contributed by atoms with E-state index in [4.69, 9.17) is 4.74 Å². The zero-order valence-corrected chi connectivity index (χ0v) is 10.0. The smallest absolute Gasteiger partial charge is 0.0717 e. The molecule has 0 saturated carbocycles. The molecule has 2 N–H and O–H groups in total. The summed E-state index contributed by atoms with van der Waals surface area (Å²) in [5.41, 5.74) is 0.465. The second-order valence-corrected chi connectivity index (χ2v) is 4.29. The molecule has 0 amide bonds. The third-order valence-corrected chi connectivity index (χ3v) is 2.77. The molecule has 1 aromatic carbocycles. The number of allylic oxidation sites excluding steroid dienone is 1. The molecule has 0 aliphatic heterocycles. The standard InChI is InChI=1S/C14H20O3/c1-2-8-14(10-15,11-16)12-17-9-13-6-4-3-5-7-13/h2-7,15-16H,1,8-12H2. The van der Waals surface area contributed by atoms with Crippen LogP contribution >= 0.6 is 0 Å². The number of benzene rings is 1. The maximum Gasteiger partial charge on any atom is 0.0717 e. The fourth-order valence-electron chi connectivity index (χ4n) is 1.60. The Morgan fingerprint density at radius 3 is 2.35 bits per heavy atom. The van der Waals surface area contributed by atoms with E-state index < -0.39 is 5.41 Å². The van der Waals surface area contributed by atoms with Gasteiger partial charge in [0.1, 0.15) is 0 Å². The molecule has 0 spiro atoms. The highest BCUT2D eigenvalue weighted by Crippen LogP contribution is 2.22. The summed E-state index contributed by atoms with van der Waals surface area (Å²) in [5, 5.41) is 18.6. The van der Waals surface area contributed by atoms with Crippen LogP contribution < -0.4 is 0 Å². The molecule has 0 bridgehead atoms. The molecule has 0 saturated heterocycles. The first-order valence-corrected chi connectivity index (χ1v) is 5.70. The van der Waals surface area contributed by atoms with Crippen LogP contribution in [-0.2, 0) is 11.3 Å². The van der Waals surface area contributed by atoms with Crippen molar-refractivity contribution in [1.29, 1.82) is 0 Å². The average Bonchev–Trinajstić information content (AvgIpc) is 2.39. The van der Waals surface area contributed by atoms with Gasteiger partial charge in [-0.15, -0.1) is 6.58 Å². The number of aliphatic hydroxyl groups excluding tert-OH is 2. The molecular weight excluding hydrogens is 216 g/mol. The van der Waals surface area contributed by atoms with Crippen molar-refractivity contribution in [3.8, 4) is 0 Å². The van der Waals surface area contributed by atoms with E-state index in [0.717, 1.165) is 5.56 Å². The molecule has 1 aromatic rings. The van der Waals surface area contributed by atoms with Crippen molar-refractivity contribution in [2.24, 2.45) is 5.41 Å². The number of rotatable bonds is 8. The van der Waals surface area contributed by atoms with Crippen molar-refractivity contribution in [2.75, 3.05) is 19.8 Å². The van der Waals surface area contributed by atoms with Gasteiger partial charge in [0.25, 0.3) is 0 Å². The maximum absolute atomic E-state index is 9.32. The molecule has 0 aliphatic rings. The first kappa shape index (κ1) is 13.9. The van der Waals surface area contributed by atoms with E-state index >= 15 is 0 Å². The highest BCUT2D eigenvalue weighted by molar-refractivity contribution is 5.13. The summed E-state index contributed by atoms with van der Waals surface area (Å²) in [4.78, 5) is 0. The Morgan fingerprint density at radius 1 is 1.18 bits per heavy atom. The molecular formula is C14H20O3. The summed E-state index contributed by atoms with van der Waals surface area (Å²) in [6.07, 6.45) is 2.23. The third kappa shape index (κ3) is 4.30. The normalized spacial score (nSPS) is 11.4. The second-order valence-electron chi connectivity index (χ2n) is 4.29. The quantitative estimate of drug-likeness (QED) is 0.676. The zero-order valence-electron chi connectivity index (χ0n) is 10.0. The third-order valence-electron chi connectivity index (χ3n) is 2.77. The van der Waals surface area contributed by atoms with Crippen molar-refractivity contribution >= 4 is 0 Å². The molecule has 3 nitrogen and oxygen atoms in total. The van der Waals surface area contributed by atoms with E-state index in [9.17, 15) is 10.2 Å². The molecule has 0 aromatic heterocycles. The van der Waals surface area contributed by atoms with E-state index in [1.54, 1.807) is 6.08 Å². The predicted octanol–water partition coefficient (Wildman–Crippen LogP) is 1.75. The van der Waals surface area contributed by atoms with Crippen LogP contribution in [0.1, 0.15) is 12.0 Å². The van der Waals surface area contributed by atoms with Crippen LogP contribution in [0, 0.1) is 5.41 Å². The topological polar surface area (TPSA) is 49.7 Å². The van der Waals surface area contributed by atoms with Crippen molar-refractivity contribution in [1.82, 2.24) is 0 Å². The monoisotopic (exact) mass is 236 g/mol. The molecule has 0 radical (unpaired) electrons. The lowest BCUT2D eigenvalue weighted by molar-refractivity contribution is -0.0315. The lowest BCUT2D eigenvalue weighted by Crippen LogP contribution is -2.34. The van der Waals surface area contributed by atoms with Crippen LogP contribution in [0.4, 0.5) is 0 Å². The van der Waals surface area contributed by atoms with Crippen molar-refractivity contribution in [3.05, 3.63) is 48.6 Å². The SMILES string of the molecule is C=CCC(CO)(CO)COCc1ccccc1. The molecule has 0 atom stereocenters. The van der Waals surface area contributed by atoms with Gasteiger partial charge in [-0.2, -0.15) is 0 Å². The number of ether oxygens (including phenoxy) is 1. The van der Waals surface area contributed by atoms with Gasteiger partial charge in [-0.25, -0.2) is 0 Å². The fraction of sp³-hybridized carbons (Fsp3) is 0.429. The Bertz CT molecular complexity index is 317. The molecule has 3 heteroatoms. The minimum absolute atomic E-state index is 0.107. The Morgan fingerprint density at radius 2 is 1.82 bits per heavy atom. The van der Waals surface area contributed by atoms with E-state index in [2.05, 4.69) is 6.58 Å². The molecule has 94 valence electrons. The highest BCUT2D eigenvalue weighted by Gasteiger charge is 2.27. The van der Waals surface area contributed by atoms with Crippen molar-refractivity contribution in [2.45, 2.75) is 13.0 Å². The van der Waals surface area contributed by atoms with Gasteiger partial charge in [-0.1, -0.05) is 36.4 Å². The van der Waals surface area contributed by atoms with Crippen molar-refractivity contribution in [3.63, 3.8) is 0 Å². The van der Waals surface area contributed by atoms with Gasteiger partial charge in [0, 0.05) is 5.41 Å². The van der Waals surface area contributed by atoms with Gasteiger partial charge in [0.15, 0.2) is 0 Å². The van der Waals surface area contributed by atoms with E-state index in [-0.39, 0.29) is 13.2 Å². The van der Waals surface area contributed by atoms with Gasteiger partial charge in [-0.05, 0) is 12.0 Å². The summed E-state index contributed by atoms with van der Waals surface area (Å²) in [6, 6.07) is 9.81. The first-order chi connectivity index (χ1) is 8.26. The summed E-state index contributed by atoms with van der Waals surface area (Å²) in [7, 11) is 0. The lowest BCUT2D eigenvalue weighted by Gasteiger charge is -2.28. The van der Waals surface area contributed by atoms with Crippen LogP contribution in [-0.4, -0.2) is 30.0 Å². The van der Waals surface area contributed by atoms with Gasteiger partial charge in [-0.3, -0.25) is 0 Å². The Labute approximate surface area is 102 Å². The minimum Gasteiger partial charge on any atom is -0.396 e. The first-order valence-electron chi connectivity index (χ1n) is 5.70. The molecule has 0 fully saturated rings. The summed E-state index contributed by atoms with van der Waals surface area (Å²) >= 11 is 0. The van der Waals surface area contributed by atoms with Crippen LogP contribution in [0.5, 0.6) is 0 Å². The lowest BCUT2D eigenvalue weighted by atomic mass is 9.87. The van der Waals surface area contributed by atoms with Crippen LogP contribution in [0.2, 0.25) is 0 Å². The second kappa shape index (κ2) is 7.22.